The van der Waals surface area contributed by atoms with Crippen molar-refractivity contribution < 1.29 is 9.90 Å². The molecule has 1 aromatic rings. The minimum absolute atomic E-state index is 0.00472. The third-order valence-electron chi connectivity index (χ3n) is 3.21. The Hall–Kier alpha value is -1.62. The maximum absolute atomic E-state index is 12.0. The number of aromatic amines is 1. The molecule has 1 aliphatic carbocycles. The first-order valence-corrected chi connectivity index (χ1v) is 6.72. The van der Waals surface area contributed by atoms with E-state index in [0.717, 1.165) is 18.5 Å². The lowest BCUT2D eigenvalue weighted by molar-refractivity contribution is 0.0936. The fourth-order valence-corrected chi connectivity index (χ4v) is 2.28. The summed E-state index contributed by atoms with van der Waals surface area (Å²) < 4.78 is 0. The van der Waals surface area contributed by atoms with E-state index in [1.165, 1.54) is 0 Å². The Morgan fingerprint density at radius 1 is 1.58 bits per heavy atom. The molecule has 3 N–H and O–H groups in total. The topological polar surface area (TPSA) is 78.0 Å². The Balaban J connectivity index is 1.90. The number of H-pyrrole nitrogens is 1. The highest BCUT2D eigenvalue weighted by molar-refractivity contribution is 5.92. The molecule has 0 bridgehead atoms. The van der Waals surface area contributed by atoms with Gasteiger partial charge in [-0.2, -0.15) is 5.10 Å². The van der Waals surface area contributed by atoms with E-state index in [0.29, 0.717) is 11.6 Å². The number of hydrogen-bond donors (Lipinski definition) is 3. The van der Waals surface area contributed by atoms with Crippen LogP contribution in [0.2, 0.25) is 0 Å². The summed E-state index contributed by atoms with van der Waals surface area (Å²) in [5, 5.41) is 18.9. The molecule has 0 radical (unpaired) electrons. The maximum atomic E-state index is 12.0. The van der Waals surface area contributed by atoms with E-state index in [2.05, 4.69) is 29.4 Å². The first-order chi connectivity index (χ1) is 9.08. The average Bonchev–Trinajstić information content (AvgIpc) is 2.97. The van der Waals surface area contributed by atoms with Crippen molar-refractivity contribution in [3.8, 4) is 0 Å². The van der Waals surface area contributed by atoms with Crippen LogP contribution in [-0.2, 0) is 6.42 Å². The summed E-state index contributed by atoms with van der Waals surface area (Å²) in [6.07, 6.45) is 5.52. The predicted molar refractivity (Wildman–Crippen MR) is 72.7 cm³/mol. The monoisotopic (exact) mass is 263 g/mol. The van der Waals surface area contributed by atoms with Crippen LogP contribution in [0.15, 0.2) is 18.2 Å². The fourth-order valence-electron chi connectivity index (χ4n) is 2.28. The molecule has 2 rings (SSSR count). The van der Waals surface area contributed by atoms with Gasteiger partial charge in [-0.1, -0.05) is 26.0 Å². The molecule has 2 atom stereocenters. The standard InChI is InChI=1S/C14H21N3O2/c1-9(2)5-12-7-13(17-16-12)14(19)15-11-4-3-10(6-11)8-18/h3-4,7,9-11,18H,5-6,8H2,1-2H3,(H,15,19)(H,16,17)/t10-,11+/m0/s1. The van der Waals surface area contributed by atoms with Gasteiger partial charge in [-0.15, -0.1) is 0 Å². The van der Waals surface area contributed by atoms with Gasteiger partial charge in [-0.3, -0.25) is 9.89 Å². The van der Waals surface area contributed by atoms with Gasteiger partial charge in [0.25, 0.3) is 5.91 Å². The molecular formula is C14H21N3O2. The normalized spacial score (nSPS) is 22.1. The zero-order valence-corrected chi connectivity index (χ0v) is 11.4. The smallest absolute Gasteiger partial charge is 0.272 e. The Bertz CT molecular complexity index is 465. The maximum Gasteiger partial charge on any atom is 0.272 e. The molecule has 0 spiro atoms. The molecule has 1 aliphatic rings. The third-order valence-corrected chi connectivity index (χ3v) is 3.21. The summed E-state index contributed by atoms with van der Waals surface area (Å²) in [7, 11) is 0. The van der Waals surface area contributed by atoms with Crippen molar-refractivity contribution in [2.24, 2.45) is 11.8 Å². The van der Waals surface area contributed by atoms with Crippen LogP contribution < -0.4 is 5.32 Å². The van der Waals surface area contributed by atoms with Crippen molar-refractivity contribution >= 4 is 5.91 Å². The first-order valence-electron chi connectivity index (χ1n) is 6.72. The Labute approximate surface area is 113 Å². The lowest BCUT2D eigenvalue weighted by Gasteiger charge is -2.11. The molecule has 0 aromatic carbocycles. The number of rotatable bonds is 5. The number of nitrogens with one attached hydrogen (secondary N) is 2. The Morgan fingerprint density at radius 3 is 3.00 bits per heavy atom. The van der Waals surface area contributed by atoms with Crippen molar-refractivity contribution in [2.45, 2.75) is 32.7 Å². The van der Waals surface area contributed by atoms with Gasteiger partial charge in [0.15, 0.2) is 0 Å². The number of nitrogens with zero attached hydrogens (tertiary/aromatic N) is 1. The molecule has 0 fully saturated rings. The van der Waals surface area contributed by atoms with Crippen LogP contribution in [0.25, 0.3) is 0 Å². The van der Waals surface area contributed by atoms with E-state index in [9.17, 15) is 4.79 Å². The molecule has 0 aliphatic heterocycles. The summed E-state index contributed by atoms with van der Waals surface area (Å²) in [6, 6.07) is 1.80. The van der Waals surface area contributed by atoms with Crippen LogP contribution in [0.1, 0.15) is 36.5 Å². The first kappa shape index (κ1) is 13.8. The van der Waals surface area contributed by atoms with E-state index >= 15 is 0 Å². The molecule has 0 saturated heterocycles. The molecule has 19 heavy (non-hydrogen) atoms. The lowest BCUT2D eigenvalue weighted by Crippen LogP contribution is -2.33. The molecule has 0 saturated carbocycles. The van der Waals surface area contributed by atoms with E-state index < -0.39 is 0 Å². The SMILES string of the molecule is CC(C)Cc1cc(C(=O)N[C@@H]2C=C[C@H](CO)C2)n[nH]1. The number of aliphatic hydroxyl groups excluding tert-OH is 1. The highest BCUT2D eigenvalue weighted by atomic mass is 16.3. The highest BCUT2D eigenvalue weighted by Gasteiger charge is 2.21. The van der Waals surface area contributed by atoms with Gasteiger partial charge in [0.1, 0.15) is 5.69 Å². The van der Waals surface area contributed by atoms with Gasteiger partial charge in [0, 0.05) is 24.3 Å². The van der Waals surface area contributed by atoms with E-state index in [-0.39, 0.29) is 24.5 Å². The molecule has 1 heterocycles. The van der Waals surface area contributed by atoms with Crippen LogP contribution in [0.5, 0.6) is 0 Å². The molecule has 1 amide bonds. The molecule has 104 valence electrons. The van der Waals surface area contributed by atoms with Crippen LogP contribution >= 0.6 is 0 Å². The zero-order chi connectivity index (χ0) is 13.8. The zero-order valence-electron chi connectivity index (χ0n) is 11.4. The van der Waals surface area contributed by atoms with Crippen molar-refractivity contribution in [2.75, 3.05) is 6.61 Å². The second kappa shape index (κ2) is 6.02. The van der Waals surface area contributed by atoms with Crippen LogP contribution in [0.4, 0.5) is 0 Å². The average molecular weight is 263 g/mol. The number of hydrogen-bond acceptors (Lipinski definition) is 3. The van der Waals surface area contributed by atoms with Gasteiger partial charge in [0.2, 0.25) is 0 Å². The van der Waals surface area contributed by atoms with Crippen molar-refractivity contribution in [3.63, 3.8) is 0 Å². The summed E-state index contributed by atoms with van der Waals surface area (Å²) >= 11 is 0. The Kier molecular flexibility index (Phi) is 4.37. The van der Waals surface area contributed by atoms with E-state index in [1.54, 1.807) is 6.07 Å². The second-order valence-electron chi connectivity index (χ2n) is 5.52. The number of carbonyl (C=O) groups is 1. The van der Waals surface area contributed by atoms with Crippen molar-refractivity contribution in [3.05, 3.63) is 29.6 Å². The molecular weight excluding hydrogens is 242 g/mol. The van der Waals surface area contributed by atoms with Gasteiger partial charge < -0.3 is 10.4 Å². The number of aromatic nitrogens is 2. The van der Waals surface area contributed by atoms with Crippen molar-refractivity contribution in [1.82, 2.24) is 15.5 Å². The highest BCUT2D eigenvalue weighted by Crippen LogP contribution is 2.17. The number of amides is 1. The second-order valence-corrected chi connectivity index (χ2v) is 5.52. The number of aliphatic hydroxyl groups is 1. The minimum atomic E-state index is -0.167. The molecule has 0 unspecified atom stereocenters. The minimum Gasteiger partial charge on any atom is -0.396 e. The van der Waals surface area contributed by atoms with Crippen molar-refractivity contribution in [1.29, 1.82) is 0 Å². The molecule has 5 nitrogen and oxygen atoms in total. The van der Waals surface area contributed by atoms with E-state index in [4.69, 9.17) is 5.11 Å². The molecule has 5 heteroatoms. The van der Waals surface area contributed by atoms with E-state index in [1.807, 2.05) is 12.2 Å². The third kappa shape index (κ3) is 3.67. The fraction of sp³-hybridized carbons (Fsp3) is 0.571. The van der Waals surface area contributed by atoms with Gasteiger partial charge in [0.05, 0.1) is 0 Å². The summed E-state index contributed by atoms with van der Waals surface area (Å²) in [5.74, 6) is 0.514. The van der Waals surface area contributed by atoms with Gasteiger partial charge in [-0.25, -0.2) is 0 Å². The summed E-state index contributed by atoms with van der Waals surface area (Å²) in [4.78, 5) is 12.0. The molecule has 1 aromatic heterocycles. The number of carbonyl (C=O) groups excluding carboxylic acids is 1. The lowest BCUT2D eigenvalue weighted by atomic mass is 10.1. The van der Waals surface area contributed by atoms with Gasteiger partial charge in [-0.05, 0) is 24.8 Å². The Morgan fingerprint density at radius 2 is 2.37 bits per heavy atom. The van der Waals surface area contributed by atoms with Crippen LogP contribution in [0, 0.1) is 11.8 Å². The van der Waals surface area contributed by atoms with Gasteiger partial charge >= 0.3 is 0 Å². The summed E-state index contributed by atoms with van der Waals surface area (Å²) in [6.45, 7) is 4.38. The van der Waals surface area contributed by atoms with Crippen LogP contribution in [0.3, 0.4) is 0 Å². The quantitative estimate of drug-likeness (QED) is 0.700. The largest absolute Gasteiger partial charge is 0.396 e. The summed E-state index contributed by atoms with van der Waals surface area (Å²) in [5.41, 5.74) is 1.41. The van der Waals surface area contributed by atoms with Crippen LogP contribution in [-0.4, -0.2) is 33.9 Å². The predicted octanol–water partition coefficient (Wildman–Crippen LogP) is 1.27.